The monoisotopic (exact) mass is 435 g/mol. The lowest BCUT2D eigenvalue weighted by molar-refractivity contribution is -0.101. The van der Waals surface area contributed by atoms with Crippen LogP contribution in [-0.2, 0) is 16.1 Å². The van der Waals surface area contributed by atoms with Crippen molar-refractivity contribution >= 4 is 0 Å². The summed E-state index contributed by atoms with van der Waals surface area (Å²) in [5, 5.41) is 0. The molecule has 6 nitrogen and oxygen atoms in total. The van der Waals surface area contributed by atoms with Crippen LogP contribution in [0.2, 0.25) is 0 Å². The van der Waals surface area contributed by atoms with Gasteiger partial charge in [-0.05, 0) is 42.7 Å². The van der Waals surface area contributed by atoms with Crippen molar-refractivity contribution in [2.24, 2.45) is 0 Å². The van der Waals surface area contributed by atoms with Crippen molar-refractivity contribution in [2.45, 2.75) is 26.6 Å². The first-order valence-electron chi connectivity index (χ1n) is 10.8. The Bertz CT molecular complexity index is 1010. The Hall–Kier alpha value is -3.09. The third kappa shape index (κ3) is 5.58. The standard InChI is InChI=1S/C26H29NO5/c1-18-11-21(31-15-20-7-5-4-6-8-20)12-19(2)26(18)24-13-22(14-25(27-24)28-3)32-17-23-16-29-9-10-30-23/h4-8,11-14,23H,9-10,15-17H2,1-3H3/t23-/m1/s1. The van der Waals surface area contributed by atoms with Crippen LogP contribution in [-0.4, -0.2) is 44.6 Å². The van der Waals surface area contributed by atoms with Crippen LogP contribution in [0.5, 0.6) is 17.4 Å². The number of ether oxygens (including phenoxy) is 5. The number of rotatable bonds is 8. The number of pyridine rings is 1. The maximum absolute atomic E-state index is 6.02. The van der Waals surface area contributed by atoms with Crippen LogP contribution < -0.4 is 14.2 Å². The van der Waals surface area contributed by atoms with Crippen molar-refractivity contribution in [3.8, 4) is 28.6 Å². The molecule has 0 unspecified atom stereocenters. The second kappa shape index (κ2) is 10.5. The first-order chi connectivity index (χ1) is 15.6. The van der Waals surface area contributed by atoms with Crippen molar-refractivity contribution in [1.29, 1.82) is 0 Å². The van der Waals surface area contributed by atoms with Gasteiger partial charge in [0.1, 0.15) is 30.8 Å². The number of benzene rings is 2. The Balaban J connectivity index is 1.53. The minimum atomic E-state index is -0.0733. The zero-order chi connectivity index (χ0) is 22.3. The molecule has 3 aromatic rings. The van der Waals surface area contributed by atoms with Gasteiger partial charge in [-0.2, -0.15) is 0 Å². The van der Waals surface area contributed by atoms with Gasteiger partial charge >= 0.3 is 0 Å². The average molecular weight is 436 g/mol. The minimum Gasteiger partial charge on any atom is -0.491 e. The van der Waals surface area contributed by atoms with Gasteiger partial charge in [-0.15, -0.1) is 0 Å². The van der Waals surface area contributed by atoms with Gasteiger partial charge in [0, 0.05) is 17.7 Å². The molecule has 1 aliphatic heterocycles. The van der Waals surface area contributed by atoms with Gasteiger partial charge in [-0.3, -0.25) is 0 Å². The van der Waals surface area contributed by atoms with E-state index in [-0.39, 0.29) is 6.10 Å². The molecule has 1 aromatic heterocycles. The van der Waals surface area contributed by atoms with Crippen LogP contribution in [0.1, 0.15) is 16.7 Å². The van der Waals surface area contributed by atoms with Crippen molar-refractivity contribution in [2.75, 3.05) is 33.5 Å². The molecule has 1 atom stereocenters. The quantitative estimate of drug-likeness (QED) is 0.509. The molecule has 2 aromatic carbocycles. The van der Waals surface area contributed by atoms with E-state index >= 15 is 0 Å². The molecule has 168 valence electrons. The number of aryl methyl sites for hydroxylation is 2. The highest BCUT2D eigenvalue weighted by Crippen LogP contribution is 2.33. The maximum atomic E-state index is 6.02. The fourth-order valence-corrected chi connectivity index (χ4v) is 3.77. The molecule has 1 aliphatic rings. The summed E-state index contributed by atoms with van der Waals surface area (Å²) in [6.45, 7) is 6.83. The zero-order valence-electron chi connectivity index (χ0n) is 18.8. The number of methoxy groups -OCH3 is 1. The SMILES string of the molecule is COc1cc(OC[C@H]2COCCO2)cc(-c2c(C)cc(OCc3ccccc3)cc2C)n1. The highest BCUT2D eigenvalue weighted by Gasteiger charge is 2.17. The lowest BCUT2D eigenvalue weighted by atomic mass is 9.99. The summed E-state index contributed by atoms with van der Waals surface area (Å²) in [6.07, 6.45) is -0.0733. The van der Waals surface area contributed by atoms with E-state index < -0.39 is 0 Å². The van der Waals surface area contributed by atoms with Crippen molar-refractivity contribution in [3.05, 3.63) is 71.3 Å². The van der Waals surface area contributed by atoms with Crippen LogP contribution in [0, 0.1) is 13.8 Å². The van der Waals surface area contributed by atoms with Crippen LogP contribution in [0.3, 0.4) is 0 Å². The molecule has 0 bridgehead atoms. The molecule has 1 fully saturated rings. The fraction of sp³-hybridized carbons (Fsp3) is 0.346. The topological polar surface area (TPSA) is 59.0 Å². The summed E-state index contributed by atoms with van der Waals surface area (Å²) >= 11 is 0. The highest BCUT2D eigenvalue weighted by atomic mass is 16.6. The second-order valence-corrected chi connectivity index (χ2v) is 7.82. The van der Waals surface area contributed by atoms with E-state index in [1.807, 2.05) is 36.4 Å². The normalized spacial score (nSPS) is 15.9. The van der Waals surface area contributed by atoms with Gasteiger partial charge in [0.2, 0.25) is 5.88 Å². The Morgan fingerprint density at radius 1 is 0.938 bits per heavy atom. The molecule has 6 heteroatoms. The third-order valence-corrected chi connectivity index (χ3v) is 5.32. The van der Waals surface area contributed by atoms with Crippen LogP contribution in [0.15, 0.2) is 54.6 Å². The van der Waals surface area contributed by atoms with E-state index in [0.717, 1.165) is 33.7 Å². The summed E-state index contributed by atoms with van der Waals surface area (Å²) in [6, 6.07) is 17.9. The molecule has 0 saturated carbocycles. The smallest absolute Gasteiger partial charge is 0.217 e. The van der Waals surface area contributed by atoms with Gasteiger partial charge in [0.25, 0.3) is 0 Å². The van der Waals surface area contributed by atoms with Crippen LogP contribution in [0.25, 0.3) is 11.3 Å². The van der Waals surface area contributed by atoms with Gasteiger partial charge in [-0.25, -0.2) is 4.98 Å². The molecule has 0 radical (unpaired) electrons. The third-order valence-electron chi connectivity index (χ3n) is 5.32. The summed E-state index contributed by atoms with van der Waals surface area (Å²) in [5.74, 6) is 2.02. The number of hydrogen-bond acceptors (Lipinski definition) is 6. The molecule has 2 heterocycles. The lowest BCUT2D eigenvalue weighted by Crippen LogP contribution is -2.33. The van der Waals surface area contributed by atoms with E-state index in [1.54, 1.807) is 13.2 Å². The highest BCUT2D eigenvalue weighted by molar-refractivity contribution is 5.70. The van der Waals surface area contributed by atoms with Gasteiger partial charge in [-0.1, -0.05) is 30.3 Å². The first-order valence-corrected chi connectivity index (χ1v) is 10.8. The van der Waals surface area contributed by atoms with Crippen molar-refractivity contribution in [3.63, 3.8) is 0 Å². The lowest BCUT2D eigenvalue weighted by Gasteiger charge is -2.23. The maximum Gasteiger partial charge on any atom is 0.217 e. The Labute approximate surface area is 189 Å². The zero-order valence-corrected chi connectivity index (χ0v) is 18.8. The van der Waals surface area contributed by atoms with Crippen LogP contribution >= 0.6 is 0 Å². The Kier molecular flexibility index (Phi) is 7.24. The van der Waals surface area contributed by atoms with Gasteiger partial charge in [0.15, 0.2) is 0 Å². The number of nitrogens with zero attached hydrogens (tertiary/aromatic N) is 1. The molecule has 4 rings (SSSR count). The largest absolute Gasteiger partial charge is 0.491 e. The summed E-state index contributed by atoms with van der Waals surface area (Å²) in [7, 11) is 1.61. The van der Waals surface area contributed by atoms with E-state index in [4.69, 9.17) is 23.7 Å². The summed E-state index contributed by atoms with van der Waals surface area (Å²) in [4.78, 5) is 4.66. The van der Waals surface area contributed by atoms with Crippen LogP contribution in [0.4, 0.5) is 0 Å². The molecular formula is C26H29NO5. The molecule has 0 N–H and O–H groups in total. The summed E-state index contributed by atoms with van der Waals surface area (Å²) < 4.78 is 28.6. The van der Waals surface area contributed by atoms with Crippen molar-refractivity contribution in [1.82, 2.24) is 4.98 Å². The van der Waals surface area contributed by atoms with Gasteiger partial charge in [0.05, 0.1) is 32.6 Å². The molecule has 1 saturated heterocycles. The van der Waals surface area contributed by atoms with E-state index in [9.17, 15) is 0 Å². The fourth-order valence-electron chi connectivity index (χ4n) is 3.77. The second-order valence-electron chi connectivity index (χ2n) is 7.82. The number of aromatic nitrogens is 1. The van der Waals surface area contributed by atoms with E-state index in [1.165, 1.54) is 0 Å². The van der Waals surface area contributed by atoms with E-state index in [0.29, 0.717) is 44.7 Å². The predicted molar refractivity (Wildman–Crippen MR) is 123 cm³/mol. The van der Waals surface area contributed by atoms with E-state index in [2.05, 4.69) is 31.0 Å². The average Bonchev–Trinajstić information content (AvgIpc) is 2.82. The predicted octanol–water partition coefficient (Wildman–Crippen LogP) is 4.75. The molecular weight excluding hydrogens is 406 g/mol. The Morgan fingerprint density at radius 3 is 2.38 bits per heavy atom. The molecule has 32 heavy (non-hydrogen) atoms. The molecule has 0 aliphatic carbocycles. The molecule has 0 spiro atoms. The minimum absolute atomic E-state index is 0.0733. The molecule has 0 amide bonds. The van der Waals surface area contributed by atoms with Gasteiger partial charge < -0.3 is 23.7 Å². The first kappa shape index (κ1) is 22.1. The summed E-state index contributed by atoms with van der Waals surface area (Å²) in [5.41, 5.74) is 5.12. The Morgan fingerprint density at radius 2 is 1.69 bits per heavy atom. The van der Waals surface area contributed by atoms with Crippen molar-refractivity contribution < 1.29 is 23.7 Å². The number of hydrogen-bond donors (Lipinski definition) is 0.